The Kier molecular flexibility index (Phi) is 4.74. The normalized spacial score (nSPS) is 12.5. The van der Waals surface area contributed by atoms with Gasteiger partial charge in [0.2, 0.25) is 14.9 Å². The molecule has 0 spiro atoms. The third kappa shape index (κ3) is 3.89. The van der Waals surface area contributed by atoms with Gasteiger partial charge in [-0.05, 0) is 29.8 Å². The molecule has 2 aromatic rings. The van der Waals surface area contributed by atoms with Crippen molar-refractivity contribution < 1.29 is 26.3 Å². The second-order valence-corrected chi connectivity index (χ2v) is 6.19. The van der Waals surface area contributed by atoms with Crippen molar-refractivity contribution in [2.24, 2.45) is 0 Å². The second kappa shape index (κ2) is 6.41. The summed E-state index contributed by atoms with van der Waals surface area (Å²) < 4.78 is 68.1. The summed E-state index contributed by atoms with van der Waals surface area (Å²) >= 11 is 0. The van der Waals surface area contributed by atoms with Crippen LogP contribution in [-0.2, 0) is 16.0 Å². The topological polar surface area (TPSA) is 56.3 Å². The van der Waals surface area contributed by atoms with Crippen molar-refractivity contribution in [3.05, 3.63) is 59.1 Å². The lowest BCUT2D eigenvalue weighted by Gasteiger charge is -2.09. The number of aromatic nitrogens is 1. The standard InChI is InChI=1S/C15H12F3NO3S/c1-22-13-7-4-9-19-14(13)23(20,21)10-8-11-5-2-3-6-12(11)15(16,17)18/h2-10H,1H3/b10-8+. The average Bonchev–Trinajstić information content (AvgIpc) is 2.52. The van der Waals surface area contributed by atoms with Gasteiger partial charge in [0.25, 0.3) is 0 Å². The third-order valence-corrected chi connectivity index (χ3v) is 4.26. The zero-order valence-corrected chi connectivity index (χ0v) is 12.7. The monoisotopic (exact) mass is 343 g/mol. The Morgan fingerprint density at radius 1 is 1.13 bits per heavy atom. The van der Waals surface area contributed by atoms with Crippen LogP contribution in [0.1, 0.15) is 11.1 Å². The lowest BCUT2D eigenvalue weighted by molar-refractivity contribution is -0.137. The molecule has 4 nitrogen and oxygen atoms in total. The van der Waals surface area contributed by atoms with Crippen molar-refractivity contribution >= 4 is 15.9 Å². The molecule has 0 aliphatic rings. The number of rotatable bonds is 4. The summed E-state index contributed by atoms with van der Waals surface area (Å²) in [6.45, 7) is 0. The van der Waals surface area contributed by atoms with Crippen LogP contribution in [0.5, 0.6) is 5.75 Å². The van der Waals surface area contributed by atoms with Gasteiger partial charge in [0, 0.05) is 11.6 Å². The van der Waals surface area contributed by atoms with Crippen LogP contribution in [0.4, 0.5) is 13.2 Å². The summed E-state index contributed by atoms with van der Waals surface area (Å²) in [5.74, 6) is 0.0151. The van der Waals surface area contributed by atoms with Crippen molar-refractivity contribution in [1.29, 1.82) is 0 Å². The molecule has 122 valence electrons. The molecule has 1 aromatic carbocycles. The second-order valence-electron chi connectivity index (χ2n) is 4.44. The van der Waals surface area contributed by atoms with Crippen molar-refractivity contribution in [3.8, 4) is 5.75 Å². The molecule has 0 unspecified atom stereocenters. The molecule has 0 aliphatic carbocycles. The Morgan fingerprint density at radius 2 is 1.83 bits per heavy atom. The maximum Gasteiger partial charge on any atom is 0.416 e. The Labute approximate surface area is 131 Å². The van der Waals surface area contributed by atoms with Crippen molar-refractivity contribution in [2.45, 2.75) is 11.2 Å². The lowest BCUT2D eigenvalue weighted by atomic mass is 10.1. The third-order valence-electron chi connectivity index (χ3n) is 2.92. The van der Waals surface area contributed by atoms with Crippen LogP contribution in [0.3, 0.4) is 0 Å². The molecule has 0 radical (unpaired) electrons. The fourth-order valence-electron chi connectivity index (χ4n) is 1.87. The summed E-state index contributed by atoms with van der Waals surface area (Å²) in [5.41, 5.74) is -1.17. The van der Waals surface area contributed by atoms with Crippen LogP contribution in [0.15, 0.2) is 53.0 Å². The van der Waals surface area contributed by atoms with E-state index in [-0.39, 0.29) is 16.3 Å². The van der Waals surface area contributed by atoms with Gasteiger partial charge in [0.05, 0.1) is 12.7 Å². The Balaban J connectivity index is 2.45. The van der Waals surface area contributed by atoms with Gasteiger partial charge >= 0.3 is 6.18 Å². The summed E-state index contributed by atoms with van der Waals surface area (Å²) in [6, 6.07) is 7.58. The quantitative estimate of drug-likeness (QED) is 0.852. The fraction of sp³-hybridized carbons (Fsp3) is 0.133. The smallest absolute Gasteiger partial charge is 0.416 e. The van der Waals surface area contributed by atoms with Crippen molar-refractivity contribution in [2.75, 3.05) is 7.11 Å². The first-order chi connectivity index (χ1) is 10.8. The van der Waals surface area contributed by atoms with Crippen LogP contribution in [0, 0.1) is 0 Å². The first-order valence-corrected chi connectivity index (χ1v) is 7.89. The molecule has 0 atom stereocenters. The molecule has 1 aromatic heterocycles. The largest absolute Gasteiger partial charge is 0.494 e. The number of nitrogens with zero attached hydrogens (tertiary/aromatic N) is 1. The number of benzene rings is 1. The van der Waals surface area contributed by atoms with E-state index >= 15 is 0 Å². The highest BCUT2D eigenvalue weighted by atomic mass is 32.2. The molecule has 1 heterocycles. The SMILES string of the molecule is COc1cccnc1S(=O)(=O)/C=C/c1ccccc1C(F)(F)F. The van der Waals surface area contributed by atoms with Gasteiger partial charge in [-0.15, -0.1) is 0 Å². The summed E-state index contributed by atoms with van der Waals surface area (Å²) in [6.07, 6.45) is -2.42. The van der Waals surface area contributed by atoms with Gasteiger partial charge in [0.1, 0.15) is 0 Å². The van der Waals surface area contributed by atoms with Crippen LogP contribution >= 0.6 is 0 Å². The molecule has 0 fully saturated rings. The summed E-state index contributed by atoms with van der Waals surface area (Å²) in [5, 5.41) is 0.325. The first kappa shape index (κ1) is 17.0. The number of ether oxygens (including phenoxy) is 1. The lowest BCUT2D eigenvalue weighted by Crippen LogP contribution is -2.07. The molecule has 23 heavy (non-hydrogen) atoms. The molecule has 0 N–H and O–H groups in total. The zero-order valence-electron chi connectivity index (χ0n) is 11.9. The minimum Gasteiger partial charge on any atom is -0.494 e. The molecule has 8 heteroatoms. The highest BCUT2D eigenvalue weighted by Gasteiger charge is 2.32. The van der Waals surface area contributed by atoms with E-state index in [2.05, 4.69) is 4.98 Å². The molecular weight excluding hydrogens is 331 g/mol. The average molecular weight is 343 g/mol. The Hall–Kier alpha value is -2.35. The van der Waals surface area contributed by atoms with Gasteiger partial charge in [-0.1, -0.05) is 18.2 Å². The highest BCUT2D eigenvalue weighted by molar-refractivity contribution is 7.94. The highest BCUT2D eigenvalue weighted by Crippen LogP contribution is 2.33. The number of hydrogen-bond donors (Lipinski definition) is 0. The maximum atomic E-state index is 12.9. The zero-order chi connectivity index (χ0) is 17.1. The summed E-state index contributed by atoms with van der Waals surface area (Å²) in [7, 11) is -2.77. The van der Waals surface area contributed by atoms with Crippen LogP contribution < -0.4 is 4.74 Å². The Bertz CT molecular complexity index is 830. The molecule has 0 saturated heterocycles. The molecule has 0 amide bonds. The van der Waals surface area contributed by atoms with Gasteiger partial charge in [-0.2, -0.15) is 13.2 Å². The van der Waals surface area contributed by atoms with E-state index < -0.39 is 21.6 Å². The van der Waals surface area contributed by atoms with Crippen molar-refractivity contribution in [1.82, 2.24) is 4.98 Å². The van der Waals surface area contributed by atoms with Crippen molar-refractivity contribution in [3.63, 3.8) is 0 Å². The van der Waals surface area contributed by atoms with E-state index in [1.54, 1.807) is 0 Å². The molecular formula is C15H12F3NO3S. The van der Waals surface area contributed by atoms with E-state index in [1.807, 2.05) is 0 Å². The first-order valence-electron chi connectivity index (χ1n) is 6.34. The number of methoxy groups -OCH3 is 1. The van der Waals surface area contributed by atoms with Gasteiger partial charge in [-0.3, -0.25) is 0 Å². The summed E-state index contributed by atoms with van der Waals surface area (Å²) in [4.78, 5) is 3.72. The number of halogens is 3. The number of hydrogen-bond acceptors (Lipinski definition) is 4. The van der Waals surface area contributed by atoms with Crippen LogP contribution in [0.2, 0.25) is 0 Å². The van der Waals surface area contributed by atoms with E-state index in [0.717, 1.165) is 12.1 Å². The fourth-order valence-corrected chi connectivity index (χ4v) is 2.97. The number of sulfone groups is 1. The van der Waals surface area contributed by atoms with E-state index in [4.69, 9.17) is 4.74 Å². The maximum absolute atomic E-state index is 12.9. The number of alkyl halides is 3. The predicted molar refractivity (Wildman–Crippen MR) is 78.5 cm³/mol. The Morgan fingerprint density at radius 3 is 2.48 bits per heavy atom. The molecule has 0 saturated carbocycles. The minimum absolute atomic E-state index is 0.0151. The molecule has 0 bridgehead atoms. The van der Waals surface area contributed by atoms with E-state index in [9.17, 15) is 21.6 Å². The molecule has 2 rings (SSSR count). The number of pyridine rings is 1. The van der Waals surface area contributed by atoms with Gasteiger partial charge in [-0.25, -0.2) is 13.4 Å². The van der Waals surface area contributed by atoms with E-state index in [0.29, 0.717) is 5.41 Å². The van der Waals surface area contributed by atoms with E-state index in [1.165, 1.54) is 43.6 Å². The molecule has 0 aliphatic heterocycles. The van der Waals surface area contributed by atoms with Gasteiger partial charge in [0.15, 0.2) is 5.75 Å². The van der Waals surface area contributed by atoms with Crippen LogP contribution in [0.25, 0.3) is 6.08 Å². The predicted octanol–water partition coefficient (Wildman–Crippen LogP) is 3.55. The van der Waals surface area contributed by atoms with Crippen LogP contribution in [-0.4, -0.2) is 20.5 Å². The van der Waals surface area contributed by atoms with Gasteiger partial charge < -0.3 is 4.74 Å². The minimum atomic E-state index is -4.58.